The van der Waals surface area contributed by atoms with Crippen molar-refractivity contribution in [1.29, 1.82) is 0 Å². The summed E-state index contributed by atoms with van der Waals surface area (Å²) in [5, 5.41) is 0. The highest BCUT2D eigenvalue weighted by atomic mass is 16.5. The maximum Gasteiger partial charge on any atom is 0.329 e. The Hall–Kier alpha value is -3.48. The zero-order chi connectivity index (χ0) is 23.1. The highest BCUT2D eigenvalue weighted by Gasteiger charge is 2.43. The molecule has 0 aromatic heterocycles. The molecule has 0 saturated carbocycles. The Kier molecular flexibility index (Phi) is 7.76. The maximum absolute atomic E-state index is 13.5. The zero-order valence-corrected chi connectivity index (χ0v) is 18.7. The molecule has 1 aliphatic heterocycles. The van der Waals surface area contributed by atoms with E-state index in [1.807, 2.05) is 45.0 Å². The Bertz CT molecular complexity index is 1010. The molecule has 168 valence electrons. The lowest BCUT2D eigenvalue weighted by molar-refractivity contribution is -0.152. The van der Waals surface area contributed by atoms with Gasteiger partial charge in [-0.25, -0.2) is 9.79 Å². The number of aliphatic imine (C=N–C) groups is 1. The Morgan fingerprint density at radius 2 is 1.62 bits per heavy atom. The summed E-state index contributed by atoms with van der Waals surface area (Å²) < 4.78 is 10.5. The Balaban J connectivity index is 2.00. The highest BCUT2D eigenvalue weighted by molar-refractivity contribution is 6.55. The molecule has 1 aliphatic rings. The topological polar surface area (TPSA) is 85.3 Å². The number of benzene rings is 2. The summed E-state index contributed by atoms with van der Waals surface area (Å²) in [4.78, 5) is 44.6. The van der Waals surface area contributed by atoms with Crippen LogP contribution in [0.3, 0.4) is 0 Å². The van der Waals surface area contributed by atoms with Gasteiger partial charge >= 0.3 is 11.9 Å². The summed E-state index contributed by atoms with van der Waals surface area (Å²) in [5.41, 5.74) is 3.05. The van der Waals surface area contributed by atoms with Crippen LogP contribution in [-0.4, -0.2) is 42.8 Å². The fourth-order valence-corrected chi connectivity index (χ4v) is 3.40. The number of amides is 1. The molecule has 2 aromatic carbocycles. The Morgan fingerprint density at radius 3 is 2.31 bits per heavy atom. The van der Waals surface area contributed by atoms with E-state index in [0.29, 0.717) is 29.8 Å². The third-order valence-corrected chi connectivity index (χ3v) is 4.97. The van der Waals surface area contributed by atoms with Gasteiger partial charge in [-0.2, -0.15) is 0 Å². The van der Waals surface area contributed by atoms with Crippen LogP contribution in [0.1, 0.15) is 44.2 Å². The molecule has 0 aliphatic carbocycles. The second-order valence-corrected chi connectivity index (χ2v) is 7.60. The molecule has 3 rings (SSSR count). The highest BCUT2D eigenvalue weighted by Crippen LogP contribution is 2.33. The predicted molar refractivity (Wildman–Crippen MR) is 122 cm³/mol. The molecule has 7 nitrogen and oxygen atoms in total. The number of ether oxygens (including phenoxy) is 2. The smallest absolute Gasteiger partial charge is 0.329 e. The van der Waals surface area contributed by atoms with Gasteiger partial charge in [0.25, 0.3) is 5.91 Å². The molecule has 7 heteroatoms. The average molecular weight is 437 g/mol. The second kappa shape index (κ2) is 10.7. The van der Waals surface area contributed by atoms with E-state index in [0.717, 1.165) is 5.56 Å². The molecule has 0 bridgehead atoms. The van der Waals surface area contributed by atoms with E-state index in [1.54, 1.807) is 24.3 Å². The SMILES string of the molecule is CCCOC(=O)CC(C(=O)OCCC)N1C(=O)C(=Nc2ccc(C)cc2)c2ccccc21. The fourth-order valence-electron chi connectivity index (χ4n) is 3.40. The first-order chi connectivity index (χ1) is 15.5. The summed E-state index contributed by atoms with van der Waals surface area (Å²) in [6.45, 7) is 6.18. The molecule has 0 fully saturated rings. The number of aryl methyl sites for hydroxylation is 1. The lowest BCUT2D eigenvalue weighted by Gasteiger charge is -2.26. The number of rotatable bonds is 9. The lowest BCUT2D eigenvalue weighted by Crippen LogP contribution is -2.47. The third-order valence-electron chi connectivity index (χ3n) is 4.97. The van der Waals surface area contributed by atoms with Gasteiger partial charge in [0.15, 0.2) is 0 Å². The number of hydrogen-bond donors (Lipinski definition) is 0. The third kappa shape index (κ3) is 5.22. The molecule has 1 unspecified atom stereocenters. The lowest BCUT2D eigenvalue weighted by atomic mass is 10.1. The number of hydrogen-bond acceptors (Lipinski definition) is 6. The van der Waals surface area contributed by atoms with E-state index < -0.39 is 23.9 Å². The van der Waals surface area contributed by atoms with E-state index in [9.17, 15) is 14.4 Å². The minimum atomic E-state index is -1.13. The van der Waals surface area contributed by atoms with Crippen LogP contribution in [0, 0.1) is 6.92 Å². The molecule has 2 aromatic rings. The maximum atomic E-state index is 13.5. The van der Waals surface area contributed by atoms with Gasteiger partial charge in [-0.3, -0.25) is 14.5 Å². The van der Waals surface area contributed by atoms with Crippen molar-refractivity contribution in [3.8, 4) is 0 Å². The van der Waals surface area contributed by atoms with Crippen molar-refractivity contribution in [3.63, 3.8) is 0 Å². The van der Waals surface area contributed by atoms with Gasteiger partial charge in [0.1, 0.15) is 11.8 Å². The zero-order valence-electron chi connectivity index (χ0n) is 18.7. The van der Waals surface area contributed by atoms with Crippen molar-refractivity contribution >= 4 is 34.9 Å². The normalized spacial score (nSPS) is 14.9. The van der Waals surface area contributed by atoms with Crippen molar-refractivity contribution < 1.29 is 23.9 Å². The van der Waals surface area contributed by atoms with Gasteiger partial charge in [0.2, 0.25) is 0 Å². The Morgan fingerprint density at radius 1 is 0.969 bits per heavy atom. The van der Waals surface area contributed by atoms with Gasteiger partial charge in [0.05, 0.1) is 31.0 Å². The number of para-hydroxylation sites is 1. The van der Waals surface area contributed by atoms with E-state index in [2.05, 4.69) is 4.99 Å². The largest absolute Gasteiger partial charge is 0.466 e. The molecule has 1 heterocycles. The van der Waals surface area contributed by atoms with Gasteiger partial charge in [-0.15, -0.1) is 0 Å². The first-order valence-electron chi connectivity index (χ1n) is 10.9. The molecule has 0 radical (unpaired) electrons. The summed E-state index contributed by atoms with van der Waals surface area (Å²) >= 11 is 0. The average Bonchev–Trinajstić information content (AvgIpc) is 3.07. The predicted octanol–water partition coefficient (Wildman–Crippen LogP) is 4.13. The molecule has 0 spiro atoms. The first kappa shape index (κ1) is 23.2. The van der Waals surface area contributed by atoms with Crippen molar-refractivity contribution in [3.05, 3.63) is 59.7 Å². The molecule has 1 amide bonds. The van der Waals surface area contributed by atoms with Crippen molar-refractivity contribution in [1.82, 2.24) is 0 Å². The van der Waals surface area contributed by atoms with Crippen LogP contribution in [0.25, 0.3) is 0 Å². The summed E-state index contributed by atoms with van der Waals surface area (Å²) in [6, 6.07) is 13.5. The molecule has 1 atom stereocenters. The second-order valence-electron chi connectivity index (χ2n) is 7.60. The summed E-state index contributed by atoms with van der Waals surface area (Å²) in [6.07, 6.45) is 0.999. The summed E-state index contributed by atoms with van der Waals surface area (Å²) in [5.74, 6) is -1.65. The van der Waals surface area contributed by atoms with Gasteiger partial charge in [-0.05, 0) is 38.0 Å². The molecular formula is C25H28N2O5. The monoisotopic (exact) mass is 436 g/mol. The Labute approximate surface area is 188 Å². The minimum absolute atomic E-state index is 0.202. The molecule has 0 saturated heterocycles. The van der Waals surface area contributed by atoms with Gasteiger partial charge < -0.3 is 9.47 Å². The van der Waals surface area contributed by atoms with Gasteiger partial charge in [0, 0.05) is 5.56 Å². The van der Waals surface area contributed by atoms with E-state index in [4.69, 9.17) is 9.47 Å². The standard InChI is InChI=1S/C25H28N2O5/c1-4-14-31-22(28)16-21(25(30)32-15-5-2)27-20-9-7-6-8-19(20)23(24(27)29)26-18-12-10-17(3)11-13-18/h6-13,21H,4-5,14-16H2,1-3H3. The number of anilines is 1. The first-order valence-corrected chi connectivity index (χ1v) is 10.9. The summed E-state index contributed by atoms with van der Waals surface area (Å²) in [7, 11) is 0. The van der Waals surface area contributed by atoms with Crippen molar-refractivity contribution in [2.75, 3.05) is 18.1 Å². The fraction of sp³-hybridized carbons (Fsp3) is 0.360. The van der Waals surface area contributed by atoms with Crippen LogP contribution in [-0.2, 0) is 23.9 Å². The van der Waals surface area contributed by atoms with E-state index in [-0.39, 0.29) is 25.3 Å². The number of fused-ring (bicyclic) bond motifs is 1. The van der Waals surface area contributed by atoms with Crippen LogP contribution in [0.2, 0.25) is 0 Å². The number of carbonyl (C=O) groups excluding carboxylic acids is 3. The van der Waals surface area contributed by atoms with Gasteiger partial charge in [-0.1, -0.05) is 49.7 Å². The van der Waals surface area contributed by atoms with Crippen LogP contribution < -0.4 is 4.90 Å². The quantitative estimate of drug-likeness (QED) is 0.552. The van der Waals surface area contributed by atoms with Crippen molar-refractivity contribution in [2.24, 2.45) is 4.99 Å². The molecule has 0 N–H and O–H groups in total. The minimum Gasteiger partial charge on any atom is -0.466 e. The molecule has 32 heavy (non-hydrogen) atoms. The number of nitrogens with zero attached hydrogens (tertiary/aromatic N) is 2. The number of esters is 2. The molecular weight excluding hydrogens is 408 g/mol. The van der Waals surface area contributed by atoms with Crippen LogP contribution in [0.4, 0.5) is 11.4 Å². The van der Waals surface area contributed by atoms with E-state index in [1.165, 1.54) is 4.90 Å². The van der Waals surface area contributed by atoms with Crippen LogP contribution in [0.5, 0.6) is 0 Å². The number of carbonyl (C=O) groups is 3. The van der Waals surface area contributed by atoms with Crippen molar-refractivity contribution in [2.45, 2.75) is 46.1 Å². The van der Waals surface area contributed by atoms with Crippen LogP contribution >= 0.6 is 0 Å². The van der Waals surface area contributed by atoms with E-state index >= 15 is 0 Å². The van der Waals surface area contributed by atoms with Crippen LogP contribution in [0.15, 0.2) is 53.5 Å².